The molecule has 1 N–H and O–H groups in total. The third kappa shape index (κ3) is 4.53. The number of carbonyl (C=O) groups is 2. The molecule has 1 atom stereocenters. The van der Waals surface area contributed by atoms with E-state index in [0.29, 0.717) is 19.1 Å². The largest absolute Gasteiger partial charge is 0.350 e. The van der Waals surface area contributed by atoms with Crippen LogP contribution in [0.4, 0.5) is 5.69 Å². The van der Waals surface area contributed by atoms with Gasteiger partial charge in [-0.3, -0.25) is 19.3 Å². The van der Waals surface area contributed by atoms with Gasteiger partial charge in [-0.15, -0.1) is 0 Å². The summed E-state index contributed by atoms with van der Waals surface area (Å²) in [6.07, 6.45) is 8.52. The highest BCUT2D eigenvalue weighted by molar-refractivity contribution is 6.00. The zero-order valence-corrected chi connectivity index (χ0v) is 18.9. The standard InChI is InChI=1S/C26H29N5O2/c1-18-6-8-22(9-7-18)30-17-20(14-25(30)32)26(33)28-16-21-15-24(19-10-12-27-13-11-19)31(29-21)23-4-2-3-5-23/h6-13,15,20,23H,2-5,14,16-17H2,1H3,(H,28,33)/t20-/m1/s1. The summed E-state index contributed by atoms with van der Waals surface area (Å²) in [6.45, 7) is 2.78. The molecule has 7 nitrogen and oxygen atoms in total. The number of carbonyl (C=O) groups excluding carboxylic acids is 2. The molecule has 1 saturated heterocycles. The SMILES string of the molecule is Cc1ccc(N2C[C@H](C(=O)NCc3cc(-c4ccncc4)n(C4CCCC4)n3)CC2=O)cc1. The monoisotopic (exact) mass is 443 g/mol. The summed E-state index contributed by atoms with van der Waals surface area (Å²) in [5.74, 6) is -0.460. The Hall–Kier alpha value is -3.48. The number of amides is 2. The van der Waals surface area contributed by atoms with Crippen LogP contribution < -0.4 is 10.2 Å². The van der Waals surface area contributed by atoms with Gasteiger partial charge >= 0.3 is 0 Å². The fourth-order valence-corrected chi connectivity index (χ4v) is 4.88. The lowest BCUT2D eigenvalue weighted by atomic mass is 10.1. The third-order valence-corrected chi connectivity index (χ3v) is 6.72. The minimum Gasteiger partial charge on any atom is -0.350 e. The van der Waals surface area contributed by atoms with Crippen molar-refractivity contribution in [3.8, 4) is 11.3 Å². The topological polar surface area (TPSA) is 80.1 Å². The van der Waals surface area contributed by atoms with Gasteiger partial charge in [0.05, 0.1) is 29.9 Å². The van der Waals surface area contributed by atoms with Crippen LogP contribution in [0.15, 0.2) is 54.9 Å². The molecule has 2 amide bonds. The lowest BCUT2D eigenvalue weighted by molar-refractivity contribution is -0.126. The Labute approximate surface area is 193 Å². The van der Waals surface area contributed by atoms with Gasteiger partial charge in [-0.2, -0.15) is 5.10 Å². The molecule has 1 aromatic carbocycles. The van der Waals surface area contributed by atoms with Crippen molar-refractivity contribution >= 4 is 17.5 Å². The molecule has 2 aliphatic rings. The van der Waals surface area contributed by atoms with Crippen LogP contribution in [0.25, 0.3) is 11.3 Å². The van der Waals surface area contributed by atoms with E-state index in [1.165, 1.54) is 12.8 Å². The van der Waals surface area contributed by atoms with E-state index in [1.54, 1.807) is 17.3 Å². The molecule has 170 valence electrons. The highest BCUT2D eigenvalue weighted by Crippen LogP contribution is 2.33. The van der Waals surface area contributed by atoms with Crippen LogP contribution in [0.3, 0.4) is 0 Å². The van der Waals surface area contributed by atoms with Gasteiger partial charge in [0, 0.05) is 36.6 Å². The molecule has 0 spiro atoms. The molecule has 0 bridgehead atoms. The molecule has 1 aliphatic heterocycles. The van der Waals surface area contributed by atoms with Crippen molar-refractivity contribution in [3.63, 3.8) is 0 Å². The molecule has 2 aromatic heterocycles. The van der Waals surface area contributed by atoms with E-state index < -0.39 is 0 Å². The van der Waals surface area contributed by atoms with Crippen molar-refractivity contribution in [1.82, 2.24) is 20.1 Å². The number of hydrogen-bond donors (Lipinski definition) is 1. The first kappa shape index (κ1) is 21.4. The maximum absolute atomic E-state index is 12.9. The van der Waals surface area contributed by atoms with E-state index in [2.05, 4.69) is 21.0 Å². The van der Waals surface area contributed by atoms with E-state index in [4.69, 9.17) is 5.10 Å². The van der Waals surface area contributed by atoms with Crippen LogP contribution >= 0.6 is 0 Å². The predicted molar refractivity (Wildman–Crippen MR) is 126 cm³/mol. The van der Waals surface area contributed by atoms with Gasteiger partial charge in [0.1, 0.15) is 0 Å². The molecular weight excluding hydrogens is 414 g/mol. The average Bonchev–Trinajstić information content (AvgIpc) is 3.58. The normalized spacial score (nSPS) is 18.8. The number of pyridine rings is 1. The number of aromatic nitrogens is 3. The van der Waals surface area contributed by atoms with Crippen molar-refractivity contribution in [1.29, 1.82) is 0 Å². The van der Waals surface area contributed by atoms with Crippen molar-refractivity contribution in [2.24, 2.45) is 5.92 Å². The molecule has 0 unspecified atom stereocenters. The first-order valence-electron chi connectivity index (χ1n) is 11.7. The Morgan fingerprint density at radius 1 is 1.09 bits per heavy atom. The quantitative estimate of drug-likeness (QED) is 0.624. The van der Waals surface area contributed by atoms with E-state index in [-0.39, 0.29) is 24.2 Å². The number of nitrogens with zero attached hydrogens (tertiary/aromatic N) is 4. The summed E-state index contributed by atoms with van der Waals surface area (Å²) < 4.78 is 2.13. The van der Waals surface area contributed by atoms with Crippen molar-refractivity contribution < 1.29 is 9.59 Å². The van der Waals surface area contributed by atoms with Crippen LogP contribution in [-0.4, -0.2) is 33.1 Å². The number of nitrogens with one attached hydrogen (secondary N) is 1. The maximum atomic E-state index is 12.9. The molecule has 1 aliphatic carbocycles. The lowest BCUT2D eigenvalue weighted by Gasteiger charge is -2.17. The molecule has 3 heterocycles. The van der Waals surface area contributed by atoms with Gasteiger partial charge in [0.25, 0.3) is 0 Å². The summed E-state index contributed by atoms with van der Waals surface area (Å²) in [5.41, 5.74) is 4.97. The minimum atomic E-state index is -0.351. The fraction of sp³-hybridized carbons (Fsp3) is 0.385. The van der Waals surface area contributed by atoms with Crippen molar-refractivity contribution in [3.05, 3.63) is 66.1 Å². The van der Waals surface area contributed by atoms with Crippen LogP contribution in [-0.2, 0) is 16.1 Å². The number of rotatable bonds is 6. The Kier molecular flexibility index (Phi) is 5.94. The van der Waals surface area contributed by atoms with Gasteiger partial charge in [0.15, 0.2) is 0 Å². The first-order valence-corrected chi connectivity index (χ1v) is 11.7. The molecule has 5 rings (SSSR count). The molecule has 2 fully saturated rings. The second-order valence-electron chi connectivity index (χ2n) is 9.10. The van der Waals surface area contributed by atoms with Crippen LogP contribution in [0.2, 0.25) is 0 Å². The fourth-order valence-electron chi connectivity index (χ4n) is 4.88. The van der Waals surface area contributed by atoms with E-state index >= 15 is 0 Å². The summed E-state index contributed by atoms with van der Waals surface area (Å²) >= 11 is 0. The molecular formula is C26H29N5O2. The van der Waals surface area contributed by atoms with Gasteiger partial charge in [-0.05, 0) is 50.1 Å². The van der Waals surface area contributed by atoms with Crippen LogP contribution in [0.1, 0.15) is 49.4 Å². The second-order valence-corrected chi connectivity index (χ2v) is 9.10. The van der Waals surface area contributed by atoms with Crippen LogP contribution in [0, 0.1) is 12.8 Å². The molecule has 7 heteroatoms. The predicted octanol–water partition coefficient (Wildman–Crippen LogP) is 4.04. The number of hydrogen-bond acceptors (Lipinski definition) is 4. The van der Waals surface area contributed by atoms with Crippen molar-refractivity contribution in [2.75, 3.05) is 11.4 Å². The summed E-state index contributed by atoms with van der Waals surface area (Å²) in [5, 5.41) is 7.88. The minimum absolute atomic E-state index is 0.00973. The molecule has 3 aromatic rings. The van der Waals surface area contributed by atoms with E-state index in [9.17, 15) is 9.59 Å². The number of anilines is 1. The first-order chi connectivity index (χ1) is 16.1. The second kappa shape index (κ2) is 9.17. The maximum Gasteiger partial charge on any atom is 0.227 e. The van der Waals surface area contributed by atoms with E-state index in [1.807, 2.05) is 43.3 Å². The highest BCUT2D eigenvalue weighted by Gasteiger charge is 2.35. The highest BCUT2D eigenvalue weighted by atomic mass is 16.2. The summed E-state index contributed by atoms with van der Waals surface area (Å²) in [6, 6.07) is 14.3. The summed E-state index contributed by atoms with van der Waals surface area (Å²) in [7, 11) is 0. The zero-order chi connectivity index (χ0) is 22.8. The molecule has 0 radical (unpaired) electrons. The smallest absolute Gasteiger partial charge is 0.227 e. The van der Waals surface area contributed by atoms with Gasteiger partial charge in [-0.1, -0.05) is 30.5 Å². The summed E-state index contributed by atoms with van der Waals surface area (Å²) in [4.78, 5) is 31.2. The van der Waals surface area contributed by atoms with Gasteiger partial charge < -0.3 is 10.2 Å². The van der Waals surface area contributed by atoms with Gasteiger partial charge in [0.2, 0.25) is 11.8 Å². The molecule has 33 heavy (non-hydrogen) atoms. The van der Waals surface area contributed by atoms with E-state index in [0.717, 1.165) is 41.0 Å². The Morgan fingerprint density at radius 3 is 2.55 bits per heavy atom. The number of aryl methyl sites for hydroxylation is 1. The zero-order valence-electron chi connectivity index (χ0n) is 18.9. The lowest BCUT2D eigenvalue weighted by Crippen LogP contribution is -2.32. The Balaban J connectivity index is 1.27. The van der Waals surface area contributed by atoms with Crippen molar-refractivity contribution in [2.45, 2.75) is 51.6 Å². The Morgan fingerprint density at radius 2 is 1.82 bits per heavy atom. The van der Waals surface area contributed by atoms with Crippen LogP contribution in [0.5, 0.6) is 0 Å². The Bertz CT molecular complexity index is 1130. The number of benzene rings is 1. The molecule has 1 saturated carbocycles. The third-order valence-electron chi connectivity index (χ3n) is 6.72. The average molecular weight is 444 g/mol. The van der Waals surface area contributed by atoms with Gasteiger partial charge in [-0.25, -0.2) is 0 Å².